The van der Waals surface area contributed by atoms with Crippen molar-refractivity contribution in [1.82, 2.24) is 0 Å². The molecule has 16 heavy (non-hydrogen) atoms. The Hall–Kier alpha value is -1.90. The molecule has 0 saturated carbocycles. The average molecular weight is 218 g/mol. The number of carboxylic acids is 1. The Balaban J connectivity index is 3.54. The number of carboxylic acid groups (broad SMARTS) is 1. The van der Waals surface area contributed by atoms with Crippen molar-refractivity contribution in [1.29, 1.82) is 0 Å². The van der Waals surface area contributed by atoms with Gasteiger partial charge in [-0.05, 0) is 49.1 Å². The Morgan fingerprint density at radius 1 is 1.31 bits per heavy atom. The Bertz CT molecular complexity index is 470. The summed E-state index contributed by atoms with van der Waals surface area (Å²) in [7, 11) is 0. The van der Waals surface area contributed by atoms with Gasteiger partial charge in [-0.2, -0.15) is 0 Å². The van der Waals surface area contributed by atoms with Crippen LogP contribution in [0.15, 0.2) is 23.8 Å². The van der Waals surface area contributed by atoms with Crippen LogP contribution in [-0.4, -0.2) is 17.4 Å². The molecule has 0 aliphatic carbocycles. The van der Waals surface area contributed by atoms with Crippen molar-refractivity contribution < 1.29 is 14.7 Å². The first-order chi connectivity index (χ1) is 7.49. The average Bonchev–Trinajstić information content (AvgIpc) is 2.26. The molecule has 1 aromatic carbocycles. The number of aromatic carboxylic acids is 1. The molecule has 0 aliphatic heterocycles. The van der Waals surface area contributed by atoms with Crippen LogP contribution in [0.4, 0.5) is 0 Å². The fourth-order valence-electron chi connectivity index (χ4n) is 1.63. The van der Waals surface area contributed by atoms with Crippen LogP contribution in [0.1, 0.15) is 35.3 Å². The molecule has 0 saturated heterocycles. The second-order valence-corrected chi connectivity index (χ2v) is 3.73. The number of benzene rings is 1. The molecular weight excluding hydrogens is 204 g/mol. The summed E-state index contributed by atoms with van der Waals surface area (Å²) in [4.78, 5) is 21.8. The topological polar surface area (TPSA) is 54.4 Å². The van der Waals surface area contributed by atoms with Gasteiger partial charge in [0.25, 0.3) is 0 Å². The summed E-state index contributed by atoms with van der Waals surface area (Å²) in [5, 5.41) is 9.08. The fraction of sp³-hybridized carbons (Fsp3) is 0.231. The number of hydrogen-bond donors (Lipinski definition) is 1. The molecule has 0 aromatic heterocycles. The first-order valence-corrected chi connectivity index (χ1v) is 4.95. The van der Waals surface area contributed by atoms with Crippen molar-refractivity contribution in [3.63, 3.8) is 0 Å². The highest BCUT2D eigenvalue weighted by molar-refractivity contribution is 5.98. The van der Waals surface area contributed by atoms with E-state index in [1.54, 1.807) is 26.0 Å². The van der Waals surface area contributed by atoms with E-state index in [1.807, 2.05) is 13.0 Å². The van der Waals surface area contributed by atoms with Crippen LogP contribution >= 0.6 is 0 Å². The predicted molar refractivity (Wildman–Crippen MR) is 62.5 cm³/mol. The molecule has 3 heteroatoms. The Labute approximate surface area is 94.4 Å². The lowest BCUT2D eigenvalue weighted by Gasteiger charge is -2.11. The van der Waals surface area contributed by atoms with Gasteiger partial charge < -0.3 is 5.11 Å². The smallest absolute Gasteiger partial charge is 0.336 e. The Kier molecular flexibility index (Phi) is 3.61. The first-order valence-electron chi connectivity index (χ1n) is 4.95. The minimum absolute atomic E-state index is 0.235. The summed E-state index contributed by atoms with van der Waals surface area (Å²) in [6, 6.07) is 5.08. The van der Waals surface area contributed by atoms with Crippen LogP contribution in [-0.2, 0) is 4.79 Å². The van der Waals surface area contributed by atoms with Gasteiger partial charge in [0.2, 0.25) is 0 Å². The van der Waals surface area contributed by atoms with E-state index in [0.717, 1.165) is 11.8 Å². The van der Waals surface area contributed by atoms with E-state index in [9.17, 15) is 9.59 Å². The number of carbonyl (C=O) groups is 2. The molecule has 3 nitrogen and oxygen atoms in total. The predicted octanol–water partition coefficient (Wildman–Crippen LogP) is 2.69. The van der Waals surface area contributed by atoms with E-state index in [-0.39, 0.29) is 5.56 Å². The van der Waals surface area contributed by atoms with Gasteiger partial charge in [-0.15, -0.1) is 0 Å². The second kappa shape index (κ2) is 4.75. The van der Waals surface area contributed by atoms with Crippen LogP contribution in [0.3, 0.4) is 0 Å². The summed E-state index contributed by atoms with van der Waals surface area (Å²) in [5.41, 5.74) is 3.00. The molecule has 0 atom stereocenters. The van der Waals surface area contributed by atoms with Crippen molar-refractivity contribution >= 4 is 17.8 Å². The zero-order chi connectivity index (χ0) is 12.3. The van der Waals surface area contributed by atoms with Crippen LogP contribution in [0, 0.1) is 6.92 Å². The lowest BCUT2D eigenvalue weighted by Crippen LogP contribution is -2.04. The van der Waals surface area contributed by atoms with Crippen molar-refractivity contribution in [2.75, 3.05) is 0 Å². The first kappa shape index (κ1) is 12.2. The molecule has 1 rings (SSSR count). The van der Waals surface area contributed by atoms with E-state index < -0.39 is 5.97 Å². The van der Waals surface area contributed by atoms with Gasteiger partial charge in [-0.1, -0.05) is 12.1 Å². The largest absolute Gasteiger partial charge is 0.478 e. The minimum Gasteiger partial charge on any atom is -0.478 e. The standard InChI is InChI=1S/C13H14O3/c1-8-5-4-6-11(13(15)16)12(8)10(3)9(2)7-14/h4-7H,1-3H3,(H,15,16)/b10-9-. The maximum atomic E-state index is 11.1. The van der Waals surface area contributed by atoms with E-state index in [1.165, 1.54) is 0 Å². The number of rotatable bonds is 3. The van der Waals surface area contributed by atoms with Gasteiger partial charge in [0.1, 0.15) is 6.29 Å². The van der Waals surface area contributed by atoms with Crippen molar-refractivity contribution in [2.24, 2.45) is 0 Å². The molecule has 0 fully saturated rings. The summed E-state index contributed by atoms with van der Waals surface area (Å²) in [5.74, 6) is -0.975. The molecule has 0 aliphatic rings. The number of aryl methyl sites for hydroxylation is 1. The molecule has 0 radical (unpaired) electrons. The lowest BCUT2D eigenvalue weighted by molar-refractivity contribution is -0.104. The van der Waals surface area contributed by atoms with Crippen LogP contribution in [0.5, 0.6) is 0 Å². The highest BCUT2D eigenvalue weighted by Crippen LogP contribution is 2.25. The van der Waals surface area contributed by atoms with Crippen molar-refractivity contribution in [2.45, 2.75) is 20.8 Å². The highest BCUT2D eigenvalue weighted by atomic mass is 16.4. The van der Waals surface area contributed by atoms with E-state index >= 15 is 0 Å². The molecule has 0 heterocycles. The molecule has 0 amide bonds. The molecular formula is C13H14O3. The molecule has 0 unspecified atom stereocenters. The third-order valence-corrected chi connectivity index (χ3v) is 2.65. The Morgan fingerprint density at radius 2 is 1.94 bits per heavy atom. The molecule has 1 N–H and O–H groups in total. The molecule has 0 bridgehead atoms. The zero-order valence-electron chi connectivity index (χ0n) is 9.57. The van der Waals surface area contributed by atoms with E-state index in [4.69, 9.17) is 5.11 Å². The Morgan fingerprint density at radius 3 is 2.44 bits per heavy atom. The number of allylic oxidation sites excluding steroid dienone is 2. The summed E-state index contributed by atoms with van der Waals surface area (Å²) >= 11 is 0. The number of carbonyl (C=O) groups excluding carboxylic acids is 1. The highest BCUT2D eigenvalue weighted by Gasteiger charge is 2.14. The van der Waals surface area contributed by atoms with E-state index in [2.05, 4.69) is 0 Å². The third kappa shape index (κ3) is 2.19. The fourth-order valence-corrected chi connectivity index (χ4v) is 1.63. The van der Waals surface area contributed by atoms with Crippen LogP contribution in [0.25, 0.3) is 5.57 Å². The van der Waals surface area contributed by atoms with Crippen LogP contribution < -0.4 is 0 Å². The zero-order valence-corrected chi connectivity index (χ0v) is 9.57. The lowest BCUT2D eigenvalue weighted by atomic mass is 9.93. The van der Waals surface area contributed by atoms with Gasteiger partial charge in [-0.3, -0.25) is 4.79 Å². The normalized spacial score (nSPS) is 11.9. The maximum Gasteiger partial charge on any atom is 0.336 e. The number of hydrogen-bond acceptors (Lipinski definition) is 2. The summed E-state index contributed by atoms with van der Waals surface area (Å²) in [6.07, 6.45) is 0.743. The van der Waals surface area contributed by atoms with Crippen LogP contribution in [0.2, 0.25) is 0 Å². The van der Waals surface area contributed by atoms with E-state index in [0.29, 0.717) is 16.7 Å². The monoisotopic (exact) mass is 218 g/mol. The summed E-state index contributed by atoms with van der Waals surface area (Å²) < 4.78 is 0. The summed E-state index contributed by atoms with van der Waals surface area (Å²) in [6.45, 7) is 5.28. The number of aldehydes is 1. The van der Waals surface area contributed by atoms with Gasteiger partial charge in [0.05, 0.1) is 5.56 Å². The molecule has 84 valence electrons. The van der Waals surface area contributed by atoms with Gasteiger partial charge in [0, 0.05) is 0 Å². The second-order valence-electron chi connectivity index (χ2n) is 3.73. The van der Waals surface area contributed by atoms with Gasteiger partial charge in [0.15, 0.2) is 0 Å². The van der Waals surface area contributed by atoms with Crippen molar-refractivity contribution in [3.8, 4) is 0 Å². The molecule has 0 spiro atoms. The SMILES string of the molecule is C/C(C=O)=C(\C)c1c(C)cccc1C(=O)O. The van der Waals surface area contributed by atoms with Gasteiger partial charge >= 0.3 is 5.97 Å². The quantitative estimate of drug-likeness (QED) is 0.626. The third-order valence-electron chi connectivity index (χ3n) is 2.65. The molecule has 1 aromatic rings. The van der Waals surface area contributed by atoms with Crippen molar-refractivity contribution in [3.05, 3.63) is 40.5 Å². The maximum absolute atomic E-state index is 11.1. The van der Waals surface area contributed by atoms with Gasteiger partial charge in [-0.25, -0.2) is 4.79 Å². The minimum atomic E-state index is -0.975.